The molecule has 15 heavy (non-hydrogen) atoms. The normalized spacial score (nSPS) is 25.9. The van der Waals surface area contributed by atoms with Gasteiger partial charge in [0.15, 0.2) is 0 Å². The molecule has 0 spiro atoms. The van der Waals surface area contributed by atoms with Gasteiger partial charge in [-0.1, -0.05) is 37.3 Å². The van der Waals surface area contributed by atoms with Crippen LogP contribution in [0.15, 0.2) is 30.3 Å². The monoisotopic (exact) mass is 205 g/mol. The molecule has 0 radical (unpaired) electrons. The van der Waals surface area contributed by atoms with E-state index in [1.54, 1.807) is 0 Å². The van der Waals surface area contributed by atoms with E-state index in [0.29, 0.717) is 0 Å². The third kappa shape index (κ3) is 2.02. The van der Waals surface area contributed by atoms with Crippen molar-refractivity contribution in [3.63, 3.8) is 0 Å². The summed E-state index contributed by atoms with van der Waals surface area (Å²) in [5, 5.41) is 9.01. The van der Waals surface area contributed by atoms with Crippen molar-refractivity contribution >= 4 is 5.97 Å². The average molecular weight is 205 g/mol. The van der Waals surface area contributed by atoms with Gasteiger partial charge in [0, 0.05) is 13.1 Å². The SMILES string of the molecule is C[C@@H]1CN(Cc2ccccc2)[C@H]1C(=O)O. The summed E-state index contributed by atoms with van der Waals surface area (Å²) in [4.78, 5) is 13.0. The van der Waals surface area contributed by atoms with Crippen LogP contribution in [0.5, 0.6) is 0 Å². The lowest BCUT2D eigenvalue weighted by molar-refractivity contribution is -0.153. The highest BCUT2D eigenvalue weighted by atomic mass is 16.4. The summed E-state index contributed by atoms with van der Waals surface area (Å²) in [6, 6.07) is 9.69. The molecule has 1 saturated heterocycles. The van der Waals surface area contributed by atoms with Gasteiger partial charge in [0.25, 0.3) is 0 Å². The topological polar surface area (TPSA) is 40.5 Å². The van der Waals surface area contributed by atoms with Crippen LogP contribution in [0.1, 0.15) is 12.5 Å². The molecular weight excluding hydrogens is 190 g/mol. The maximum absolute atomic E-state index is 11.0. The van der Waals surface area contributed by atoms with Crippen LogP contribution in [0.4, 0.5) is 0 Å². The van der Waals surface area contributed by atoms with Gasteiger partial charge >= 0.3 is 5.97 Å². The molecule has 0 bridgehead atoms. The summed E-state index contributed by atoms with van der Waals surface area (Å²) >= 11 is 0. The highest BCUT2D eigenvalue weighted by Crippen LogP contribution is 2.26. The summed E-state index contributed by atoms with van der Waals surface area (Å²) in [6.07, 6.45) is 0. The summed E-state index contributed by atoms with van der Waals surface area (Å²) < 4.78 is 0. The number of aliphatic carboxylic acids is 1. The minimum atomic E-state index is -0.704. The van der Waals surface area contributed by atoms with Crippen molar-refractivity contribution in [3.8, 4) is 0 Å². The minimum Gasteiger partial charge on any atom is -0.480 e. The molecule has 2 atom stereocenters. The molecule has 3 nitrogen and oxygen atoms in total. The Morgan fingerprint density at radius 1 is 1.47 bits per heavy atom. The lowest BCUT2D eigenvalue weighted by atomic mass is 9.90. The zero-order chi connectivity index (χ0) is 10.8. The number of hydrogen-bond donors (Lipinski definition) is 1. The van der Waals surface area contributed by atoms with Gasteiger partial charge in [-0.15, -0.1) is 0 Å². The Labute approximate surface area is 89.3 Å². The van der Waals surface area contributed by atoms with E-state index in [0.717, 1.165) is 13.1 Å². The highest BCUT2D eigenvalue weighted by molar-refractivity contribution is 5.75. The average Bonchev–Trinajstić information content (AvgIpc) is 2.17. The number of carbonyl (C=O) groups is 1. The van der Waals surface area contributed by atoms with Crippen molar-refractivity contribution < 1.29 is 9.90 Å². The second-order valence-electron chi connectivity index (χ2n) is 4.18. The summed E-state index contributed by atoms with van der Waals surface area (Å²) in [5.74, 6) is -0.434. The maximum Gasteiger partial charge on any atom is 0.321 e. The zero-order valence-corrected chi connectivity index (χ0v) is 8.76. The van der Waals surface area contributed by atoms with E-state index >= 15 is 0 Å². The molecule has 1 fully saturated rings. The van der Waals surface area contributed by atoms with Crippen LogP contribution in [-0.2, 0) is 11.3 Å². The van der Waals surface area contributed by atoms with Crippen LogP contribution in [-0.4, -0.2) is 28.6 Å². The van der Waals surface area contributed by atoms with Gasteiger partial charge in [-0.2, -0.15) is 0 Å². The van der Waals surface area contributed by atoms with Gasteiger partial charge in [0.1, 0.15) is 6.04 Å². The first kappa shape index (κ1) is 10.2. The maximum atomic E-state index is 11.0. The third-order valence-electron chi connectivity index (χ3n) is 2.94. The fourth-order valence-electron chi connectivity index (χ4n) is 2.19. The van der Waals surface area contributed by atoms with E-state index in [1.807, 2.05) is 42.2 Å². The van der Waals surface area contributed by atoms with Gasteiger partial charge in [-0.25, -0.2) is 0 Å². The number of likely N-dealkylation sites (tertiary alicyclic amines) is 1. The highest BCUT2D eigenvalue weighted by Gasteiger charge is 2.40. The van der Waals surface area contributed by atoms with E-state index < -0.39 is 5.97 Å². The Morgan fingerprint density at radius 3 is 2.67 bits per heavy atom. The van der Waals surface area contributed by atoms with Crippen molar-refractivity contribution in [2.45, 2.75) is 19.5 Å². The van der Waals surface area contributed by atoms with Gasteiger partial charge in [-0.3, -0.25) is 9.69 Å². The molecule has 0 aromatic heterocycles. The first-order chi connectivity index (χ1) is 7.18. The summed E-state index contributed by atoms with van der Waals surface area (Å²) in [5.41, 5.74) is 1.18. The van der Waals surface area contributed by atoms with E-state index in [2.05, 4.69) is 0 Å². The lowest BCUT2D eigenvalue weighted by Gasteiger charge is -2.43. The number of benzene rings is 1. The van der Waals surface area contributed by atoms with Gasteiger partial charge in [-0.05, 0) is 11.5 Å². The zero-order valence-electron chi connectivity index (χ0n) is 8.76. The molecule has 1 aliphatic heterocycles. The van der Waals surface area contributed by atoms with Gasteiger partial charge in [0.2, 0.25) is 0 Å². The molecular formula is C12H15NO2. The summed E-state index contributed by atoms with van der Waals surface area (Å²) in [7, 11) is 0. The Morgan fingerprint density at radius 2 is 2.13 bits per heavy atom. The Kier molecular flexibility index (Phi) is 2.73. The lowest BCUT2D eigenvalue weighted by Crippen LogP contribution is -2.58. The standard InChI is InChI=1S/C12H15NO2/c1-9-7-13(11(9)12(14)15)8-10-5-3-2-4-6-10/h2-6,9,11H,7-8H2,1H3,(H,14,15)/t9-,11-/m1/s1. The molecule has 3 heteroatoms. The predicted octanol–water partition coefficient (Wildman–Crippen LogP) is 1.59. The fourth-order valence-corrected chi connectivity index (χ4v) is 2.19. The molecule has 2 rings (SSSR count). The molecule has 0 saturated carbocycles. The van der Waals surface area contributed by atoms with Crippen LogP contribution >= 0.6 is 0 Å². The molecule has 0 aliphatic carbocycles. The van der Waals surface area contributed by atoms with Gasteiger partial charge in [0.05, 0.1) is 0 Å². The second kappa shape index (κ2) is 4.03. The number of nitrogens with zero attached hydrogens (tertiary/aromatic N) is 1. The van der Waals surface area contributed by atoms with Crippen molar-refractivity contribution in [3.05, 3.63) is 35.9 Å². The quantitative estimate of drug-likeness (QED) is 0.814. The van der Waals surface area contributed by atoms with E-state index in [-0.39, 0.29) is 12.0 Å². The largest absolute Gasteiger partial charge is 0.480 e. The molecule has 1 aliphatic rings. The number of hydrogen-bond acceptors (Lipinski definition) is 2. The Balaban J connectivity index is 2.00. The van der Waals surface area contributed by atoms with Crippen molar-refractivity contribution in [1.29, 1.82) is 0 Å². The van der Waals surface area contributed by atoms with Crippen molar-refractivity contribution in [2.75, 3.05) is 6.54 Å². The predicted molar refractivity (Wildman–Crippen MR) is 57.4 cm³/mol. The number of carboxylic acid groups (broad SMARTS) is 1. The van der Waals surface area contributed by atoms with Crippen LogP contribution in [0.2, 0.25) is 0 Å². The third-order valence-corrected chi connectivity index (χ3v) is 2.94. The van der Waals surface area contributed by atoms with Crippen LogP contribution in [0.3, 0.4) is 0 Å². The second-order valence-corrected chi connectivity index (χ2v) is 4.18. The molecule has 0 amide bonds. The molecule has 1 heterocycles. The molecule has 0 unspecified atom stereocenters. The Hall–Kier alpha value is -1.35. The first-order valence-electron chi connectivity index (χ1n) is 5.19. The molecule has 1 N–H and O–H groups in total. The number of rotatable bonds is 3. The van der Waals surface area contributed by atoms with E-state index in [1.165, 1.54) is 5.56 Å². The van der Waals surface area contributed by atoms with E-state index in [9.17, 15) is 4.79 Å². The molecule has 80 valence electrons. The van der Waals surface area contributed by atoms with Gasteiger partial charge < -0.3 is 5.11 Å². The smallest absolute Gasteiger partial charge is 0.321 e. The fraction of sp³-hybridized carbons (Fsp3) is 0.417. The van der Waals surface area contributed by atoms with Crippen LogP contribution < -0.4 is 0 Å². The summed E-state index contributed by atoms with van der Waals surface area (Å²) in [6.45, 7) is 3.61. The minimum absolute atomic E-state index is 0.270. The molecule has 1 aromatic rings. The molecule has 1 aromatic carbocycles. The Bertz CT molecular complexity index is 350. The van der Waals surface area contributed by atoms with Crippen LogP contribution in [0.25, 0.3) is 0 Å². The number of carboxylic acids is 1. The van der Waals surface area contributed by atoms with Crippen molar-refractivity contribution in [1.82, 2.24) is 4.90 Å². The van der Waals surface area contributed by atoms with Crippen LogP contribution in [0, 0.1) is 5.92 Å². The van der Waals surface area contributed by atoms with Crippen molar-refractivity contribution in [2.24, 2.45) is 5.92 Å². The first-order valence-corrected chi connectivity index (χ1v) is 5.19. The van der Waals surface area contributed by atoms with E-state index in [4.69, 9.17) is 5.11 Å².